The Morgan fingerprint density at radius 1 is 1.05 bits per heavy atom. The molecular weight excluding hydrogens is 260 g/mol. The van der Waals surface area contributed by atoms with E-state index in [0.29, 0.717) is 4.90 Å². The van der Waals surface area contributed by atoms with Gasteiger partial charge in [0.05, 0.1) is 4.90 Å². The summed E-state index contributed by atoms with van der Waals surface area (Å²) in [5.74, 6) is 0. The zero-order valence-electron chi connectivity index (χ0n) is 11.7. The summed E-state index contributed by atoms with van der Waals surface area (Å²) in [6.45, 7) is 8.53. The summed E-state index contributed by atoms with van der Waals surface area (Å²) in [4.78, 5) is 3.00. The molecule has 1 saturated heterocycles. The predicted molar refractivity (Wildman–Crippen MR) is 80.6 cm³/mol. The molecule has 0 spiro atoms. The molecule has 0 aromatic heterocycles. The quantitative estimate of drug-likeness (QED) is 0.892. The molecule has 4 nitrogen and oxygen atoms in total. The topological polar surface area (TPSA) is 46.9 Å². The van der Waals surface area contributed by atoms with Crippen LogP contribution in [0.25, 0.3) is 0 Å². The summed E-state index contributed by atoms with van der Waals surface area (Å²) in [6.07, 6.45) is 1.15. The molecule has 0 bridgehead atoms. The standard InChI is InChI=1S/C14H24N2O2S/c1-3-8-15-9-11-16(12-10-15)19(17,18)14-6-4-13(2)5-7-14/h4-7,17-18H,3,8-12H2,1-2H3. The van der Waals surface area contributed by atoms with E-state index in [-0.39, 0.29) is 0 Å². The van der Waals surface area contributed by atoms with Crippen molar-refractivity contribution in [3.05, 3.63) is 29.8 Å². The van der Waals surface area contributed by atoms with Crippen LogP contribution < -0.4 is 0 Å². The highest BCUT2D eigenvalue weighted by Crippen LogP contribution is 2.51. The Morgan fingerprint density at radius 3 is 2.16 bits per heavy atom. The second-order valence-electron chi connectivity index (χ2n) is 5.10. The maximum absolute atomic E-state index is 10.5. The summed E-state index contributed by atoms with van der Waals surface area (Å²) < 4.78 is 22.8. The highest BCUT2D eigenvalue weighted by atomic mass is 32.3. The number of hydrogen-bond acceptors (Lipinski definition) is 4. The summed E-state index contributed by atoms with van der Waals surface area (Å²) in [6, 6.07) is 7.50. The lowest BCUT2D eigenvalue weighted by Crippen LogP contribution is -2.47. The number of benzene rings is 1. The lowest BCUT2D eigenvalue weighted by atomic mass is 10.2. The van der Waals surface area contributed by atoms with Crippen LogP contribution in [-0.4, -0.2) is 51.0 Å². The van der Waals surface area contributed by atoms with Crippen molar-refractivity contribution >= 4 is 10.8 Å². The Kier molecular flexibility index (Phi) is 4.86. The molecule has 108 valence electrons. The first kappa shape index (κ1) is 14.8. The van der Waals surface area contributed by atoms with Gasteiger partial charge in [-0.15, -0.1) is 10.8 Å². The van der Waals surface area contributed by atoms with Crippen LogP contribution >= 0.6 is 10.8 Å². The molecule has 1 heterocycles. The second-order valence-corrected chi connectivity index (χ2v) is 7.13. The van der Waals surface area contributed by atoms with Gasteiger partial charge < -0.3 is 4.90 Å². The van der Waals surface area contributed by atoms with Crippen LogP contribution in [0, 0.1) is 6.92 Å². The van der Waals surface area contributed by atoms with E-state index in [1.165, 1.54) is 0 Å². The van der Waals surface area contributed by atoms with Crippen LogP contribution in [0.3, 0.4) is 0 Å². The lowest BCUT2D eigenvalue weighted by molar-refractivity contribution is 0.179. The van der Waals surface area contributed by atoms with Crippen molar-refractivity contribution in [2.45, 2.75) is 25.2 Å². The van der Waals surface area contributed by atoms with Gasteiger partial charge in [0, 0.05) is 26.2 Å². The number of hydrogen-bond donors (Lipinski definition) is 2. The van der Waals surface area contributed by atoms with Crippen LogP contribution in [0.5, 0.6) is 0 Å². The molecule has 1 aliphatic heterocycles. The molecule has 0 amide bonds. The summed E-state index contributed by atoms with van der Waals surface area (Å²) in [5.41, 5.74) is 1.13. The Hall–Kier alpha value is -0.590. The fraction of sp³-hybridized carbons (Fsp3) is 0.571. The van der Waals surface area contributed by atoms with E-state index in [1.807, 2.05) is 35.5 Å². The molecule has 1 aromatic carbocycles. The zero-order chi connectivity index (χ0) is 13.9. The third-order valence-corrected chi connectivity index (χ3v) is 5.56. The Morgan fingerprint density at radius 2 is 1.63 bits per heavy atom. The normalized spacial score (nSPS) is 19.6. The first-order valence-corrected chi connectivity index (χ1v) is 8.37. The Balaban J connectivity index is 2.02. The summed E-state index contributed by atoms with van der Waals surface area (Å²) in [5, 5.41) is 0. The number of nitrogens with zero attached hydrogens (tertiary/aromatic N) is 2. The van der Waals surface area contributed by atoms with Crippen LogP contribution in [-0.2, 0) is 0 Å². The number of piperazine rings is 1. The first-order chi connectivity index (χ1) is 9.04. The van der Waals surface area contributed by atoms with Crippen LogP contribution in [0.4, 0.5) is 0 Å². The predicted octanol–water partition coefficient (Wildman–Crippen LogP) is 3.05. The molecule has 2 rings (SSSR count). The largest absolute Gasteiger partial charge is 0.301 e. The minimum Gasteiger partial charge on any atom is -0.301 e. The summed E-state index contributed by atoms with van der Waals surface area (Å²) >= 11 is 0. The molecule has 2 N–H and O–H groups in total. The highest BCUT2D eigenvalue weighted by Gasteiger charge is 2.28. The van der Waals surface area contributed by atoms with Gasteiger partial charge in [0.1, 0.15) is 0 Å². The number of rotatable bonds is 4. The van der Waals surface area contributed by atoms with Gasteiger partial charge in [0.2, 0.25) is 0 Å². The van der Waals surface area contributed by atoms with Gasteiger partial charge in [-0.2, -0.15) is 4.31 Å². The monoisotopic (exact) mass is 284 g/mol. The van der Waals surface area contributed by atoms with Gasteiger partial charge in [0.25, 0.3) is 0 Å². The average molecular weight is 284 g/mol. The third-order valence-electron chi connectivity index (χ3n) is 3.57. The zero-order valence-corrected chi connectivity index (χ0v) is 12.6. The van der Waals surface area contributed by atoms with Gasteiger partial charge in [-0.05, 0) is 32.0 Å². The lowest BCUT2D eigenvalue weighted by Gasteiger charge is -2.46. The van der Waals surface area contributed by atoms with Crippen molar-refractivity contribution in [1.29, 1.82) is 0 Å². The van der Waals surface area contributed by atoms with Crippen LogP contribution in [0.2, 0.25) is 0 Å². The first-order valence-electron chi connectivity index (χ1n) is 6.86. The van der Waals surface area contributed by atoms with Crippen molar-refractivity contribution < 1.29 is 9.11 Å². The van der Waals surface area contributed by atoms with Gasteiger partial charge in [-0.25, -0.2) is 0 Å². The fourth-order valence-corrected chi connectivity index (χ4v) is 3.87. The molecule has 0 atom stereocenters. The molecule has 0 unspecified atom stereocenters. The Bertz CT molecular complexity index is 400. The van der Waals surface area contributed by atoms with E-state index in [1.54, 1.807) is 0 Å². The van der Waals surface area contributed by atoms with E-state index < -0.39 is 10.8 Å². The molecule has 19 heavy (non-hydrogen) atoms. The van der Waals surface area contributed by atoms with Gasteiger partial charge >= 0.3 is 0 Å². The van der Waals surface area contributed by atoms with Gasteiger partial charge in [-0.1, -0.05) is 24.6 Å². The average Bonchev–Trinajstić information content (AvgIpc) is 2.40. The minimum absolute atomic E-state index is 0.627. The third kappa shape index (κ3) is 3.49. The molecule has 1 aromatic rings. The van der Waals surface area contributed by atoms with Crippen LogP contribution in [0.1, 0.15) is 18.9 Å². The minimum atomic E-state index is -2.81. The SMILES string of the molecule is CCCN1CCN(S(O)(O)c2ccc(C)cc2)CC1. The van der Waals surface area contributed by atoms with E-state index >= 15 is 0 Å². The highest BCUT2D eigenvalue weighted by molar-refractivity contribution is 8.22. The van der Waals surface area contributed by atoms with Crippen molar-refractivity contribution in [1.82, 2.24) is 9.21 Å². The molecule has 5 heteroatoms. The van der Waals surface area contributed by atoms with Crippen molar-refractivity contribution in [2.75, 3.05) is 32.7 Å². The van der Waals surface area contributed by atoms with E-state index in [0.717, 1.165) is 44.7 Å². The van der Waals surface area contributed by atoms with E-state index in [4.69, 9.17) is 0 Å². The maximum Gasteiger partial charge on any atom is 0.0752 e. The van der Waals surface area contributed by atoms with Crippen molar-refractivity contribution in [3.8, 4) is 0 Å². The Labute approximate surface area is 117 Å². The smallest absolute Gasteiger partial charge is 0.0752 e. The second kappa shape index (κ2) is 6.24. The fourth-order valence-electron chi connectivity index (χ4n) is 2.39. The van der Waals surface area contributed by atoms with Crippen LogP contribution in [0.15, 0.2) is 29.2 Å². The van der Waals surface area contributed by atoms with Crippen molar-refractivity contribution in [3.63, 3.8) is 0 Å². The van der Waals surface area contributed by atoms with E-state index in [2.05, 4.69) is 11.8 Å². The van der Waals surface area contributed by atoms with Gasteiger partial charge in [-0.3, -0.25) is 9.11 Å². The molecule has 0 radical (unpaired) electrons. The summed E-state index contributed by atoms with van der Waals surface area (Å²) in [7, 11) is -2.81. The molecular formula is C14H24N2O2S. The maximum atomic E-state index is 10.5. The number of aryl methyl sites for hydroxylation is 1. The van der Waals surface area contributed by atoms with Gasteiger partial charge in [0.15, 0.2) is 0 Å². The molecule has 1 aliphatic rings. The molecule has 0 saturated carbocycles. The van der Waals surface area contributed by atoms with Crippen molar-refractivity contribution in [2.24, 2.45) is 0 Å². The van der Waals surface area contributed by atoms with E-state index in [9.17, 15) is 9.11 Å². The molecule has 0 aliphatic carbocycles. The molecule has 1 fully saturated rings.